The minimum absolute atomic E-state index is 0.0325. The lowest BCUT2D eigenvalue weighted by Gasteiger charge is -2.28. The fraction of sp³-hybridized carbons (Fsp3) is 0.611. The summed E-state index contributed by atoms with van der Waals surface area (Å²) in [5.74, 6) is -0.0325. The van der Waals surface area contributed by atoms with Crippen LogP contribution < -0.4 is 5.32 Å². The molecule has 0 unspecified atom stereocenters. The predicted octanol–water partition coefficient (Wildman–Crippen LogP) is 1.79. The monoisotopic (exact) mass is 322 g/mol. The molecular formula is C18H30N2O3. The molecule has 23 heavy (non-hydrogen) atoms. The molecule has 0 aliphatic rings. The van der Waals surface area contributed by atoms with Gasteiger partial charge in [0.15, 0.2) is 0 Å². The Hall–Kier alpha value is -1.43. The van der Waals surface area contributed by atoms with E-state index in [0.29, 0.717) is 26.2 Å². The predicted molar refractivity (Wildman–Crippen MR) is 92.0 cm³/mol. The number of nitrogens with one attached hydrogen (secondary N) is 1. The zero-order chi connectivity index (χ0) is 17.3. The topological polar surface area (TPSA) is 61.8 Å². The van der Waals surface area contributed by atoms with Gasteiger partial charge in [-0.3, -0.25) is 9.69 Å². The summed E-state index contributed by atoms with van der Waals surface area (Å²) in [6.07, 6.45) is 0. The maximum absolute atomic E-state index is 12.2. The Labute approximate surface area is 139 Å². The first-order valence-corrected chi connectivity index (χ1v) is 8.01. The van der Waals surface area contributed by atoms with Crippen LogP contribution >= 0.6 is 0 Å². The number of methoxy groups -OCH3 is 1. The zero-order valence-corrected chi connectivity index (χ0v) is 14.8. The molecule has 2 N–H and O–H groups in total. The Morgan fingerprint density at radius 2 is 1.91 bits per heavy atom. The van der Waals surface area contributed by atoms with E-state index < -0.39 is 0 Å². The van der Waals surface area contributed by atoms with Gasteiger partial charge >= 0.3 is 0 Å². The Bertz CT molecular complexity index is 483. The summed E-state index contributed by atoms with van der Waals surface area (Å²) in [6.45, 7) is 9.01. The molecule has 5 nitrogen and oxygen atoms in total. The third kappa shape index (κ3) is 8.11. The van der Waals surface area contributed by atoms with Crippen LogP contribution in [0.2, 0.25) is 0 Å². The number of nitrogens with zero attached hydrogens (tertiary/aromatic N) is 1. The van der Waals surface area contributed by atoms with Gasteiger partial charge in [-0.2, -0.15) is 0 Å². The van der Waals surface area contributed by atoms with Crippen LogP contribution in [0.25, 0.3) is 0 Å². The fourth-order valence-corrected chi connectivity index (χ4v) is 2.51. The molecule has 0 aromatic heterocycles. The average molecular weight is 322 g/mol. The molecule has 0 spiro atoms. The van der Waals surface area contributed by atoms with Gasteiger partial charge in [-0.25, -0.2) is 0 Å². The molecule has 130 valence electrons. The second-order valence-corrected chi connectivity index (χ2v) is 6.97. The number of ether oxygens (including phenoxy) is 1. The smallest absolute Gasteiger partial charge is 0.234 e. The van der Waals surface area contributed by atoms with Crippen LogP contribution in [0.15, 0.2) is 24.3 Å². The number of benzene rings is 1. The van der Waals surface area contributed by atoms with Crippen LogP contribution in [0.1, 0.15) is 31.9 Å². The third-order valence-corrected chi connectivity index (χ3v) is 3.38. The minimum Gasteiger partial charge on any atom is -0.395 e. The average Bonchev–Trinajstić information content (AvgIpc) is 2.45. The minimum atomic E-state index is -0.0325. The summed E-state index contributed by atoms with van der Waals surface area (Å²) in [5, 5.41) is 12.1. The first-order valence-electron chi connectivity index (χ1n) is 8.01. The van der Waals surface area contributed by atoms with Crippen molar-refractivity contribution in [3.05, 3.63) is 35.4 Å². The van der Waals surface area contributed by atoms with Gasteiger partial charge in [0.25, 0.3) is 0 Å². The number of aliphatic hydroxyl groups excluding tert-OH is 1. The highest BCUT2D eigenvalue weighted by Crippen LogP contribution is 2.15. The zero-order valence-electron chi connectivity index (χ0n) is 14.8. The van der Waals surface area contributed by atoms with E-state index in [-0.39, 0.29) is 17.9 Å². The van der Waals surface area contributed by atoms with Gasteiger partial charge in [0.1, 0.15) is 0 Å². The van der Waals surface area contributed by atoms with E-state index in [9.17, 15) is 4.79 Å². The lowest BCUT2D eigenvalue weighted by Crippen LogP contribution is -2.42. The molecule has 0 saturated heterocycles. The lowest BCUT2D eigenvalue weighted by atomic mass is 9.96. The molecule has 0 bridgehead atoms. The van der Waals surface area contributed by atoms with Crippen molar-refractivity contribution >= 4 is 5.91 Å². The number of hydrogen-bond donors (Lipinski definition) is 2. The van der Waals surface area contributed by atoms with Crippen molar-refractivity contribution in [1.82, 2.24) is 10.2 Å². The SMILES string of the molecule is COCc1ccccc1CNC(=O)CN(CCO)CC(C)(C)C. The van der Waals surface area contributed by atoms with E-state index in [1.54, 1.807) is 7.11 Å². The van der Waals surface area contributed by atoms with Crippen LogP contribution in [0.3, 0.4) is 0 Å². The number of aliphatic hydroxyl groups is 1. The molecule has 0 atom stereocenters. The Morgan fingerprint density at radius 3 is 2.48 bits per heavy atom. The van der Waals surface area contributed by atoms with Gasteiger partial charge in [0, 0.05) is 26.7 Å². The standard InChI is InChI=1S/C18H30N2O3/c1-18(2,3)14-20(9-10-21)12-17(22)19-11-15-7-5-6-8-16(15)13-23-4/h5-8,21H,9-14H2,1-4H3,(H,19,22). The van der Waals surface area contributed by atoms with Gasteiger partial charge in [0.2, 0.25) is 5.91 Å². The highest BCUT2D eigenvalue weighted by molar-refractivity contribution is 5.78. The first kappa shape index (κ1) is 19.6. The third-order valence-electron chi connectivity index (χ3n) is 3.38. The van der Waals surface area contributed by atoms with Crippen LogP contribution in [0.5, 0.6) is 0 Å². The normalized spacial score (nSPS) is 11.7. The Balaban J connectivity index is 2.55. The van der Waals surface area contributed by atoms with Gasteiger partial charge < -0.3 is 15.2 Å². The first-order chi connectivity index (χ1) is 10.9. The molecule has 1 rings (SSSR count). The summed E-state index contributed by atoms with van der Waals surface area (Å²) < 4.78 is 5.18. The largest absolute Gasteiger partial charge is 0.395 e. The van der Waals surface area contributed by atoms with E-state index in [4.69, 9.17) is 9.84 Å². The second-order valence-electron chi connectivity index (χ2n) is 6.97. The number of carbonyl (C=O) groups is 1. The van der Waals surface area contributed by atoms with E-state index >= 15 is 0 Å². The van der Waals surface area contributed by atoms with Gasteiger partial charge in [0.05, 0.1) is 19.8 Å². The molecule has 0 aliphatic carbocycles. The van der Waals surface area contributed by atoms with E-state index in [1.165, 1.54) is 0 Å². The second kappa shape index (κ2) is 9.65. The van der Waals surface area contributed by atoms with Crippen molar-refractivity contribution in [3.63, 3.8) is 0 Å². The van der Waals surface area contributed by atoms with Crippen LogP contribution in [0.4, 0.5) is 0 Å². The van der Waals surface area contributed by atoms with Crippen LogP contribution in [0, 0.1) is 5.41 Å². The Kier molecular flexibility index (Phi) is 8.23. The molecule has 0 radical (unpaired) electrons. The number of rotatable bonds is 9. The quantitative estimate of drug-likeness (QED) is 0.728. The van der Waals surface area contributed by atoms with Crippen molar-refractivity contribution in [2.45, 2.75) is 33.9 Å². The Morgan fingerprint density at radius 1 is 1.26 bits per heavy atom. The van der Waals surface area contributed by atoms with Crippen molar-refractivity contribution in [3.8, 4) is 0 Å². The molecule has 1 aromatic carbocycles. The number of amides is 1. The van der Waals surface area contributed by atoms with E-state index in [1.807, 2.05) is 29.2 Å². The van der Waals surface area contributed by atoms with Crippen LogP contribution in [-0.2, 0) is 22.7 Å². The molecule has 0 saturated carbocycles. The number of hydrogen-bond acceptors (Lipinski definition) is 4. The molecule has 0 fully saturated rings. The molecule has 0 aliphatic heterocycles. The van der Waals surface area contributed by atoms with E-state index in [0.717, 1.165) is 17.7 Å². The molecule has 0 heterocycles. The van der Waals surface area contributed by atoms with Crippen molar-refractivity contribution in [2.75, 3.05) is 33.4 Å². The molecule has 5 heteroatoms. The summed E-state index contributed by atoms with van der Waals surface area (Å²) in [5.41, 5.74) is 2.23. The van der Waals surface area contributed by atoms with Crippen molar-refractivity contribution < 1.29 is 14.6 Å². The summed E-state index contributed by atoms with van der Waals surface area (Å²) in [4.78, 5) is 14.2. The lowest BCUT2D eigenvalue weighted by molar-refractivity contribution is -0.122. The molecule has 1 amide bonds. The molecular weight excluding hydrogens is 292 g/mol. The summed E-state index contributed by atoms with van der Waals surface area (Å²) in [7, 11) is 1.66. The van der Waals surface area contributed by atoms with Crippen LogP contribution in [-0.4, -0.2) is 49.3 Å². The highest BCUT2D eigenvalue weighted by atomic mass is 16.5. The van der Waals surface area contributed by atoms with Crippen molar-refractivity contribution in [1.29, 1.82) is 0 Å². The van der Waals surface area contributed by atoms with Gasteiger partial charge in [-0.1, -0.05) is 45.0 Å². The fourth-order valence-electron chi connectivity index (χ4n) is 2.51. The van der Waals surface area contributed by atoms with Crippen molar-refractivity contribution in [2.24, 2.45) is 5.41 Å². The van der Waals surface area contributed by atoms with Gasteiger partial charge in [-0.15, -0.1) is 0 Å². The number of carbonyl (C=O) groups excluding carboxylic acids is 1. The summed E-state index contributed by atoms with van der Waals surface area (Å²) in [6, 6.07) is 7.92. The molecule has 1 aromatic rings. The maximum atomic E-state index is 12.2. The highest BCUT2D eigenvalue weighted by Gasteiger charge is 2.18. The van der Waals surface area contributed by atoms with E-state index in [2.05, 4.69) is 26.1 Å². The maximum Gasteiger partial charge on any atom is 0.234 e. The summed E-state index contributed by atoms with van der Waals surface area (Å²) >= 11 is 0. The van der Waals surface area contributed by atoms with Gasteiger partial charge in [-0.05, 0) is 16.5 Å².